The van der Waals surface area contributed by atoms with Crippen LogP contribution in [0.25, 0.3) is 10.9 Å². The molecular formula is C12H12N2O2. The summed E-state index contributed by atoms with van der Waals surface area (Å²) in [6, 6.07) is 2.21. The molecule has 4 heteroatoms. The second kappa shape index (κ2) is 3.07. The number of hydrogen-bond donors (Lipinski definition) is 1. The molecule has 2 aromatic rings. The lowest BCUT2D eigenvalue weighted by atomic mass is 10.1. The third kappa shape index (κ3) is 1.23. The van der Waals surface area contributed by atoms with Gasteiger partial charge >= 0.3 is 0 Å². The molecule has 1 fully saturated rings. The van der Waals surface area contributed by atoms with Crippen LogP contribution < -0.4 is 5.56 Å². The van der Waals surface area contributed by atoms with Crippen molar-refractivity contribution in [2.75, 3.05) is 0 Å². The Morgan fingerprint density at radius 2 is 2.25 bits per heavy atom. The van der Waals surface area contributed by atoms with E-state index in [1.807, 2.05) is 6.07 Å². The molecule has 0 spiro atoms. The Kier molecular flexibility index (Phi) is 1.80. The minimum atomic E-state index is -0.0208. The number of ketones is 1. The summed E-state index contributed by atoms with van der Waals surface area (Å²) in [5.74, 6) is -0.0187. The van der Waals surface area contributed by atoms with E-state index in [2.05, 4.69) is 4.98 Å². The topological polar surface area (TPSA) is 54.9 Å². The first-order valence-corrected chi connectivity index (χ1v) is 5.41. The number of nitrogens with one attached hydrogen (secondary N) is 1. The number of rotatable bonds is 2. The van der Waals surface area contributed by atoms with Crippen LogP contribution in [0.1, 0.15) is 36.2 Å². The smallest absolute Gasteiger partial charge is 0.275 e. The minimum absolute atomic E-state index is 0.0187. The maximum atomic E-state index is 12.1. The summed E-state index contributed by atoms with van der Waals surface area (Å²) < 4.78 is 1.75. The van der Waals surface area contributed by atoms with Crippen LogP contribution in [0.3, 0.4) is 0 Å². The largest absolute Gasteiger partial charge is 0.356 e. The van der Waals surface area contributed by atoms with Gasteiger partial charge in [0.25, 0.3) is 5.56 Å². The summed E-state index contributed by atoms with van der Waals surface area (Å²) >= 11 is 0. The van der Waals surface area contributed by atoms with Crippen molar-refractivity contribution in [3.63, 3.8) is 0 Å². The Hall–Kier alpha value is -1.84. The van der Waals surface area contributed by atoms with Gasteiger partial charge in [-0.25, -0.2) is 0 Å². The van der Waals surface area contributed by atoms with Gasteiger partial charge < -0.3 is 9.55 Å². The van der Waals surface area contributed by atoms with Crippen molar-refractivity contribution in [1.29, 1.82) is 0 Å². The second-order valence-electron chi connectivity index (χ2n) is 4.31. The Bertz CT molecular complexity index is 632. The molecular weight excluding hydrogens is 204 g/mol. The molecule has 0 aromatic carbocycles. The predicted octanol–water partition coefficient (Wildman–Crippen LogP) is 1.87. The molecule has 1 saturated carbocycles. The maximum absolute atomic E-state index is 12.1. The molecule has 0 atom stereocenters. The van der Waals surface area contributed by atoms with Gasteiger partial charge in [-0.05, 0) is 25.8 Å². The van der Waals surface area contributed by atoms with Crippen LogP contribution in [0.4, 0.5) is 0 Å². The van der Waals surface area contributed by atoms with Crippen LogP contribution in [0.5, 0.6) is 0 Å². The molecule has 82 valence electrons. The monoisotopic (exact) mass is 216 g/mol. The highest BCUT2D eigenvalue weighted by atomic mass is 16.1. The van der Waals surface area contributed by atoms with Gasteiger partial charge in [0.05, 0.1) is 0 Å². The fourth-order valence-electron chi connectivity index (χ4n) is 2.07. The van der Waals surface area contributed by atoms with Gasteiger partial charge in [0.1, 0.15) is 5.52 Å². The van der Waals surface area contributed by atoms with Crippen LogP contribution in [-0.4, -0.2) is 15.3 Å². The van der Waals surface area contributed by atoms with Gasteiger partial charge in [0, 0.05) is 29.4 Å². The molecule has 0 aliphatic heterocycles. The zero-order valence-corrected chi connectivity index (χ0v) is 8.99. The molecule has 0 saturated heterocycles. The van der Waals surface area contributed by atoms with Crippen molar-refractivity contribution in [3.05, 3.63) is 34.4 Å². The number of Topliss-reactive ketones (excluding diaryl/α,β-unsaturated/α-hetero) is 1. The van der Waals surface area contributed by atoms with Crippen LogP contribution in [0.2, 0.25) is 0 Å². The number of nitrogens with zero attached hydrogens (tertiary/aromatic N) is 1. The summed E-state index contributed by atoms with van der Waals surface area (Å²) in [5.41, 5.74) is 1.11. The van der Waals surface area contributed by atoms with Gasteiger partial charge in [0.15, 0.2) is 5.78 Å². The summed E-state index contributed by atoms with van der Waals surface area (Å²) in [6.45, 7) is 1.51. The Morgan fingerprint density at radius 1 is 1.50 bits per heavy atom. The molecule has 1 aliphatic rings. The number of pyridine rings is 1. The fourth-order valence-corrected chi connectivity index (χ4v) is 2.07. The van der Waals surface area contributed by atoms with Gasteiger partial charge in [-0.3, -0.25) is 9.59 Å². The number of hydrogen-bond acceptors (Lipinski definition) is 2. The van der Waals surface area contributed by atoms with Crippen LogP contribution >= 0.6 is 0 Å². The van der Waals surface area contributed by atoms with Crippen molar-refractivity contribution in [2.45, 2.75) is 25.8 Å². The molecule has 0 amide bonds. The average Bonchev–Trinajstić information content (AvgIpc) is 2.97. The molecule has 16 heavy (non-hydrogen) atoms. The molecule has 2 heterocycles. The molecule has 3 rings (SSSR count). The van der Waals surface area contributed by atoms with E-state index in [-0.39, 0.29) is 11.3 Å². The highest BCUT2D eigenvalue weighted by Gasteiger charge is 2.25. The quantitative estimate of drug-likeness (QED) is 0.779. The van der Waals surface area contributed by atoms with Crippen molar-refractivity contribution in [1.82, 2.24) is 9.55 Å². The number of fused-ring (bicyclic) bond motifs is 1. The van der Waals surface area contributed by atoms with Gasteiger partial charge in [-0.1, -0.05) is 0 Å². The van der Waals surface area contributed by atoms with Gasteiger partial charge in [-0.15, -0.1) is 0 Å². The SMILES string of the molecule is CC(=O)c1c[nH]c2c(=O)n(C3CC3)ccc12. The zero-order valence-electron chi connectivity index (χ0n) is 8.99. The van der Waals surface area contributed by atoms with E-state index in [1.165, 1.54) is 6.92 Å². The van der Waals surface area contributed by atoms with Crippen LogP contribution in [-0.2, 0) is 0 Å². The normalized spacial score (nSPS) is 15.6. The number of H-pyrrole nitrogens is 1. The number of carbonyl (C=O) groups is 1. The van der Waals surface area contributed by atoms with E-state index in [0.29, 0.717) is 17.1 Å². The highest BCUT2D eigenvalue weighted by molar-refractivity contribution is 6.06. The van der Waals surface area contributed by atoms with Crippen molar-refractivity contribution >= 4 is 16.7 Å². The molecule has 1 aliphatic carbocycles. The Morgan fingerprint density at radius 3 is 2.88 bits per heavy atom. The second-order valence-corrected chi connectivity index (χ2v) is 4.31. The summed E-state index contributed by atoms with van der Waals surface area (Å²) in [7, 11) is 0. The maximum Gasteiger partial charge on any atom is 0.275 e. The third-order valence-corrected chi connectivity index (χ3v) is 3.09. The summed E-state index contributed by atoms with van der Waals surface area (Å²) in [4.78, 5) is 26.3. The van der Waals surface area contributed by atoms with Crippen LogP contribution in [0, 0.1) is 0 Å². The first-order chi connectivity index (χ1) is 7.68. The summed E-state index contributed by atoms with van der Waals surface area (Å²) in [6.07, 6.45) is 5.56. The first kappa shape index (κ1) is 9.39. The molecule has 4 nitrogen and oxygen atoms in total. The van der Waals surface area contributed by atoms with E-state index in [0.717, 1.165) is 18.2 Å². The van der Waals surface area contributed by atoms with E-state index >= 15 is 0 Å². The number of carbonyl (C=O) groups excluding carboxylic acids is 1. The van der Waals surface area contributed by atoms with Crippen molar-refractivity contribution in [2.24, 2.45) is 0 Å². The minimum Gasteiger partial charge on any atom is -0.356 e. The lowest BCUT2D eigenvalue weighted by Crippen LogP contribution is -2.18. The number of aromatic nitrogens is 2. The number of aromatic amines is 1. The molecule has 1 N–H and O–H groups in total. The van der Waals surface area contributed by atoms with E-state index in [1.54, 1.807) is 17.0 Å². The fraction of sp³-hybridized carbons (Fsp3) is 0.333. The van der Waals surface area contributed by atoms with Crippen molar-refractivity contribution in [3.8, 4) is 0 Å². The third-order valence-electron chi connectivity index (χ3n) is 3.09. The lowest BCUT2D eigenvalue weighted by molar-refractivity contribution is 0.101. The Labute approximate surface area is 91.9 Å². The summed E-state index contributed by atoms with van der Waals surface area (Å²) in [5, 5.41) is 0.731. The highest BCUT2D eigenvalue weighted by Crippen LogP contribution is 2.33. The lowest BCUT2D eigenvalue weighted by Gasteiger charge is -2.02. The molecule has 0 radical (unpaired) electrons. The van der Waals surface area contributed by atoms with E-state index < -0.39 is 0 Å². The molecule has 0 unspecified atom stereocenters. The molecule has 0 bridgehead atoms. The van der Waals surface area contributed by atoms with Gasteiger partial charge in [-0.2, -0.15) is 0 Å². The predicted molar refractivity (Wildman–Crippen MR) is 60.8 cm³/mol. The standard InChI is InChI=1S/C12H12N2O2/c1-7(15)10-6-13-11-9(10)4-5-14(12(11)16)8-2-3-8/h4-6,8,13H,2-3H2,1H3. The molecule has 2 aromatic heterocycles. The van der Waals surface area contributed by atoms with Crippen LogP contribution in [0.15, 0.2) is 23.3 Å². The Balaban J connectivity index is 2.30. The zero-order chi connectivity index (χ0) is 11.3. The van der Waals surface area contributed by atoms with Crippen molar-refractivity contribution < 1.29 is 4.79 Å². The van der Waals surface area contributed by atoms with E-state index in [9.17, 15) is 9.59 Å². The average molecular weight is 216 g/mol. The van der Waals surface area contributed by atoms with E-state index in [4.69, 9.17) is 0 Å². The first-order valence-electron chi connectivity index (χ1n) is 5.41. The van der Waals surface area contributed by atoms with Gasteiger partial charge in [0.2, 0.25) is 0 Å².